The molecule has 1 aromatic carbocycles. The van der Waals surface area contributed by atoms with Crippen LogP contribution in [0.15, 0.2) is 16.6 Å². The zero-order valence-electron chi connectivity index (χ0n) is 10.0. The summed E-state index contributed by atoms with van der Waals surface area (Å²) in [5.41, 5.74) is 0.985. The fourth-order valence-electron chi connectivity index (χ4n) is 1.49. The molecule has 1 aromatic rings. The average Bonchev–Trinajstić information content (AvgIpc) is 2.34. The van der Waals surface area contributed by atoms with Gasteiger partial charge in [0, 0.05) is 12.6 Å². The summed E-state index contributed by atoms with van der Waals surface area (Å²) in [6, 6.07) is 3.69. The van der Waals surface area contributed by atoms with E-state index in [0.29, 0.717) is 16.8 Å². The second kappa shape index (κ2) is 6.83. The first-order chi connectivity index (χ1) is 8.12. The van der Waals surface area contributed by atoms with Crippen LogP contribution in [0.4, 0.5) is 0 Å². The third kappa shape index (κ3) is 3.87. The summed E-state index contributed by atoms with van der Waals surface area (Å²) in [4.78, 5) is 0. The molecule has 0 saturated heterocycles. The third-order valence-electron chi connectivity index (χ3n) is 2.62. The Balaban J connectivity index is 2.75. The summed E-state index contributed by atoms with van der Waals surface area (Å²) in [6.45, 7) is 2.75. The normalized spacial score (nSPS) is 12.5. The number of ether oxygens (including phenoxy) is 1. The van der Waals surface area contributed by atoms with Crippen LogP contribution in [-0.2, 0) is 6.54 Å². The minimum Gasteiger partial charge on any atom is -0.503 e. The molecule has 17 heavy (non-hydrogen) atoms. The molecule has 0 aliphatic heterocycles. The topological polar surface area (TPSA) is 61.7 Å². The molecule has 0 aliphatic rings. The molecular weight excluding hydrogens is 286 g/mol. The highest BCUT2D eigenvalue weighted by atomic mass is 79.9. The van der Waals surface area contributed by atoms with Crippen molar-refractivity contribution >= 4 is 15.9 Å². The van der Waals surface area contributed by atoms with Gasteiger partial charge in [-0.25, -0.2) is 0 Å². The molecule has 0 radical (unpaired) electrons. The molecule has 3 N–H and O–H groups in total. The number of hydrogen-bond acceptors (Lipinski definition) is 4. The number of rotatable bonds is 6. The zero-order valence-corrected chi connectivity index (χ0v) is 11.6. The Kier molecular flexibility index (Phi) is 5.74. The summed E-state index contributed by atoms with van der Waals surface area (Å²) >= 11 is 3.27. The number of aliphatic hydroxyl groups is 1. The van der Waals surface area contributed by atoms with E-state index >= 15 is 0 Å². The SMILES string of the molecule is CC[C@@H](CO)NCc1cc(Br)c(O)c(OC)c1. The fraction of sp³-hybridized carbons (Fsp3) is 0.500. The molecule has 96 valence electrons. The van der Waals surface area contributed by atoms with Gasteiger partial charge in [-0.05, 0) is 40.0 Å². The van der Waals surface area contributed by atoms with Gasteiger partial charge in [0.05, 0.1) is 18.2 Å². The second-order valence-electron chi connectivity index (χ2n) is 3.80. The molecule has 0 aromatic heterocycles. The third-order valence-corrected chi connectivity index (χ3v) is 3.22. The quantitative estimate of drug-likeness (QED) is 0.752. The van der Waals surface area contributed by atoms with E-state index in [1.165, 1.54) is 7.11 Å². The Morgan fingerprint density at radius 2 is 2.18 bits per heavy atom. The monoisotopic (exact) mass is 303 g/mol. The molecule has 1 rings (SSSR count). The van der Waals surface area contributed by atoms with Gasteiger partial charge in [-0.2, -0.15) is 0 Å². The van der Waals surface area contributed by atoms with Crippen molar-refractivity contribution in [3.8, 4) is 11.5 Å². The first-order valence-electron chi connectivity index (χ1n) is 5.52. The van der Waals surface area contributed by atoms with Gasteiger partial charge in [0.15, 0.2) is 11.5 Å². The van der Waals surface area contributed by atoms with Crippen molar-refractivity contribution in [3.05, 3.63) is 22.2 Å². The predicted molar refractivity (Wildman–Crippen MR) is 70.4 cm³/mol. The van der Waals surface area contributed by atoms with E-state index in [1.807, 2.05) is 13.0 Å². The number of methoxy groups -OCH3 is 1. The number of nitrogens with one attached hydrogen (secondary N) is 1. The maximum Gasteiger partial charge on any atom is 0.172 e. The predicted octanol–water partition coefficient (Wildman–Crippen LogP) is 2.02. The molecule has 0 aliphatic carbocycles. The lowest BCUT2D eigenvalue weighted by Gasteiger charge is -2.15. The molecule has 4 nitrogen and oxygen atoms in total. The van der Waals surface area contributed by atoms with Crippen molar-refractivity contribution < 1.29 is 14.9 Å². The lowest BCUT2D eigenvalue weighted by atomic mass is 10.1. The van der Waals surface area contributed by atoms with Crippen LogP contribution in [0.25, 0.3) is 0 Å². The van der Waals surface area contributed by atoms with Crippen molar-refractivity contribution in [3.63, 3.8) is 0 Å². The van der Waals surface area contributed by atoms with Crippen LogP contribution >= 0.6 is 15.9 Å². The average molecular weight is 304 g/mol. The Morgan fingerprint density at radius 1 is 1.47 bits per heavy atom. The summed E-state index contributed by atoms with van der Waals surface area (Å²) in [6.07, 6.45) is 0.868. The van der Waals surface area contributed by atoms with Crippen LogP contribution in [0.5, 0.6) is 11.5 Å². The van der Waals surface area contributed by atoms with Crippen LogP contribution in [0.3, 0.4) is 0 Å². The van der Waals surface area contributed by atoms with Gasteiger partial charge in [-0.1, -0.05) is 6.92 Å². The van der Waals surface area contributed by atoms with E-state index in [0.717, 1.165) is 12.0 Å². The Labute approximate surface area is 110 Å². The molecule has 1 atom stereocenters. The molecular formula is C12H18BrNO3. The van der Waals surface area contributed by atoms with E-state index in [2.05, 4.69) is 21.2 Å². The van der Waals surface area contributed by atoms with Gasteiger partial charge < -0.3 is 20.3 Å². The molecule has 5 heteroatoms. The van der Waals surface area contributed by atoms with Crippen molar-refractivity contribution in [2.45, 2.75) is 25.9 Å². The summed E-state index contributed by atoms with van der Waals surface area (Å²) in [5.74, 6) is 0.540. The summed E-state index contributed by atoms with van der Waals surface area (Å²) in [7, 11) is 1.52. The van der Waals surface area contributed by atoms with E-state index in [-0.39, 0.29) is 18.4 Å². The number of phenolic OH excluding ortho intramolecular Hbond substituents is 1. The number of aromatic hydroxyl groups is 1. The van der Waals surface area contributed by atoms with Crippen LogP contribution in [0, 0.1) is 0 Å². The standard InChI is InChI=1S/C12H18BrNO3/c1-3-9(7-15)14-6-8-4-10(13)12(16)11(5-8)17-2/h4-5,9,14-16H,3,6-7H2,1-2H3/t9-/m0/s1. The Morgan fingerprint density at radius 3 is 2.71 bits per heavy atom. The minimum absolute atomic E-state index is 0.0913. The van der Waals surface area contributed by atoms with E-state index in [9.17, 15) is 5.11 Å². The van der Waals surface area contributed by atoms with Gasteiger partial charge in [0.2, 0.25) is 0 Å². The number of aliphatic hydroxyl groups excluding tert-OH is 1. The highest BCUT2D eigenvalue weighted by molar-refractivity contribution is 9.10. The number of halogens is 1. The first-order valence-corrected chi connectivity index (χ1v) is 6.31. The van der Waals surface area contributed by atoms with Gasteiger partial charge in [0.25, 0.3) is 0 Å². The largest absolute Gasteiger partial charge is 0.503 e. The second-order valence-corrected chi connectivity index (χ2v) is 4.65. The molecule has 0 bridgehead atoms. The van der Waals surface area contributed by atoms with Crippen molar-refractivity contribution in [1.29, 1.82) is 0 Å². The molecule has 0 saturated carbocycles. The fourth-order valence-corrected chi connectivity index (χ4v) is 1.97. The Hall–Kier alpha value is -0.780. The highest BCUT2D eigenvalue weighted by Crippen LogP contribution is 2.35. The van der Waals surface area contributed by atoms with Gasteiger partial charge in [-0.3, -0.25) is 0 Å². The zero-order chi connectivity index (χ0) is 12.8. The molecule has 0 spiro atoms. The van der Waals surface area contributed by atoms with Crippen LogP contribution in [-0.4, -0.2) is 30.0 Å². The molecule has 0 heterocycles. The maximum absolute atomic E-state index is 9.66. The molecule has 0 amide bonds. The smallest absolute Gasteiger partial charge is 0.172 e. The Bertz CT molecular complexity index is 367. The van der Waals surface area contributed by atoms with Crippen LogP contribution in [0.1, 0.15) is 18.9 Å². The van der Waals surface area contributed by atoms with Crippen molar-refractivity contribution in [1.82, 2.24) is 5.32 Å². The maximum atomic E-state index is 9.66. The summed E-state index contributed by atoms with van der Waals surface area (Å²) < 4.78 is 5.67. The number of phenols is 1. The van der Waals surface area contributed by atoms with E-state index < -0.39 is 0 Å². The van der Waals surface area contributed by atoms with Crippen molar-refractivity contribution in [2.24, 2.45) is 0 Å². The van der Waals surface area contributed by atoms with Crippen LogP contribution < -0.4 is 10.1 Å². The number of benzene rings is 1. The molecule has 0 unspecified atom stereocenters. The minimum atomic E-state index is 0.0913. The van der Waals surface area contributed by atoms with Crippen molar-refractivity contribution in [2.75, 3.05) is 13.7 Å². The summed E-state index contributed by atoms with van der Waals surface area (Å²) in [5, 5.41) is 22.0. The highest BCUT2D eigenvalue weighted by Gasteiger charge is 2.09. The van der Waals surface area contributed by atoms with Gasteiger partial charge in [-0.15, -0.1) is 0 Å². The first kappa shape index (κ1) is 14.3. The lowest BCUT2D eigenvalue weighted by molar-refractivity contribution is 0.238. The van der Waals surface area contributed by atoms with E-state index in [1.54, 1.807) is 6.07 Å². The van der Waals surface area contributed by atoms with Crippen LogP contribution in [0.2, 0.25) is 0 Å². The van der Waals surface area contributed by atoms with E-state index in [4.69, 9.17) is 9.84 Å². The number of hydrogen-bond donors (Lipinski definition) is 3. The van der Waals surface area contributed by atoms with Gasteiger partial charge in [0.1, 0.15) is 0 Å². The molecule has 0 fully saturated rings. The lowest BCUT2D eigenvalue weighted by Crippen LogP contribution is -2.31. The van der Waals surface area contributed by atoms with Gasteiger partial charge >= 0.3 is 0 Å².